The molecule has 5 heteroatoms. The third-order valence-electron chi connectivity index (χ3n) is 3.19. The average Bonchev–Trinajstić information content (AvgIpc) is 2.90. The van der Waals surface area contributed by atoms with Gasteiger partial charge in [-0.2, -0.15) is 0 Å². The molecule has 1 heterocycles. The summed E-state index contributed by atoms with van der Waals surface area (Å²) in [6.07, 6.45) is 3.44. The molecule has 0 unspecified atom stereocenters. The zero-order valence-electron chi connectivity index (χ0n) is 10.9. The second-order valence-electron chi connectivity index (χ2n) is 4.59. The predicted molar refractivity (Wildman–Crippen MR) is 80.8 cm³/mol. The molecule has 1 aromatic heterocycles. The van der Waals surface area contributed by atoms with Crippen molar-refractivity contribution < 1.29 is 8.78 Å². The molecule has 0 spiro atoms. The molecule has 0 amide bonds. The molecule has 0 bridgehead atoms. The molecule has 2 nitrogen and oxygen atoms in total. The van der Waals surface area contributed by atoms with Crippen molar-refractivity contribution >= 4 is 15.9 Å². The van der Waals surface area contributed by atoms with Crippen LogP contribution in [0, 0.1) is 11.6 Å². The van der Waals surface area contributed by atoms with Crippen molar-refractivity contribution in [2.45, 2.75) is 6.54 Å². The van der Waals surface area contributed by atoms with Gasteiger partial charge in [-0.15, -0.1) is 0 Å². The highest BCUT2D eigenvalue weighted by Gasteiger charge is 2.11. The highest BCUT2D eigenvalue weighted by molar-refractivity contribution is 9.10. The monoisotopic (exact) mass is 348 g/mol. The molecule has 0 atom stereocenters. The van der Waals surface area contributed by atoms with Crippen LogP contribution in [-0.4, -0.2) is 9.55 Å². The van der Waals surface area contributed by atoms with E-state index in [2.05, 4.69) is 20.9 Å². The molecule has 0 saturated heterocycles. The largest absolute Gasteiger partial charge is 0.326 e. The van der Waals surface area contributed by atoms with Crippen LogP contribution >= 0.6 is 15.9 Å². The molecule has 0 N–H and O–H groups in total. The number of imidazole rings is 1. The summed E-state index contributed by atoms with van der Waals surface area (Å²) in [5, 5.41) is 0. The van der Waals surface area contributed by atoms with Crippen molar-refractivity contribution in [2.75, 3.05) is 0 Å². The first kappa shape index (κ1) is 13.9. The van der Waals surface area contributed by atoms with Crippen LogP contribution < -0.4 is 0 Å². The molecule has 0 fully saturated rings. The maximum Gasteiger partial charge on any atom is 0.141 e. The van der Waals surface area contributed by atoms with Crippen LogP contribution in [0.25, 0.3) is 11.4 Å². The third kappa shape index (κ3) is 2.88. The Labute approximate surface area is 129 Å². The van der Waals surface area contributed by atoms with E-state index >= 15 is 0 Å². The zero-order valence-corrected chi connectivity index (χ0v) is 12.5. The van der Waals surface area contributed by atoms with Crippen molar-refractivity contribution in [2.24, 2.45) is 0 Å². The third-order valence-corrected chi connectivity index (χ3v) is 3.88. The second-order valence-corrected chi connectivity index (χ2v) is 5.45. The summed E-state index contributed by atoms with van der Waals surface area (Å²) in [7, 11) is 0. The molecule has 0 aliphatic rings. The molecular formula is C16H11BrF2N2. The first-order valence-electron chi connectivity index (χ1n) is 6.35. The fourth-order valence-electron chi connectivity index (χ4n) is 2.16. The number of aromatic nitrogens is 2. The van der Waals surface area contributed by atoms with Crippen LogP contribution in [0.4, 0.5) is 8.78 Å². The Hall–Kier alpha value is -2.01. The topological polar surface area (TPSA) is 17.8 Å². The summed E-state index contributed by atoms with van der Waals surface area (Å²) < 4.78 is 29.5. The number of benzene rings is 2. The van der Waals surface area contributed by atoms with Crippen molar-refractivity contribution in [1.82, 2.24) is 9.55 Å². The SMILES string of the molecule is Fc1ccc(Cn2ccnc2-c2ccccc2Br)c(F)c1. The van der Waals surface area contributed by atoms with Crippen LogP contribution in [-0.2, 0) is 6.54 Å². The van der Waals surface area contributed by atoms with Gasteiger partial charge in [0.05, 0.1) is 6.54 Å². The fourth-order valence-corrected chi connectivity index (χ4v) is 2.62. The number of nitrogens with zero attached hydrogens (tertiary/aromatic N) is 2. The Morgan fingerprint density at radius 3 is 2.67 bits per heavy atom. The molecule has 21 heavy (non-hydrogen) atoms. The number of hydrogen-bond donors (Lipinski definition) is 0. The Morgan fingerprint density at radius 1 is 1.10 bits per heavy atom. The Balaban J connectivity index is 1.98. The molecule has 0 radical (unpaired) electrons. The van der Waals surface area contributed by atoms with Crippen LogP contribution in [0.1, 0.15) is 5.56 Å². The van der Waals surface area contributed by atoms with Crippen molar-refractivity contribution in [3.63, 3.8) is 0 Å². The van der Waals surface area contributed by atoms with Crippen molar-refractivity contribution in [1.29, 1.82) is 0 Å². The van der Waals surface area contributed by atoms with Gasteiger partial charge in [0.1, 0.15) is 17.5 Å². The quantitative estimate of drug-likeness (QED) is 0.674. The molecule has 0 saturated carbocycles. The molecular weight excluding hydrogens is 338 g/mol. The molecule has 0 aliphatic carbocycles. The van der Waals surface area contributed by atoms with E-state index in [4.69, 9.17) is 0 Å². The lowest BCUT2D eigenvalue weighted by molar-refractivity contribution is 0.566. The average molecular weight is 349 g/mol. The maximum absolute atomic E-state index is 13.8. The normalized spacial score (nSPS) is 10.8. The van der Waals surface area contributed by atoms with E-state index in [9.17, 15) is 8.78 Å². The van der Waals surface area contributed by atoms with E-state index in [1.54, 1.807) is 12.4 Å². The van der Waals surface area contributed by atoms with Crippen LogP contribution in [0.2, 0.25) is 0 Å². The van der Waals surface area contributed by atoms with Crippen molar-refractivity contribution in [3.05, 3.63) is 76.5 Å². The van der Waals surface area contributed by atoms with Crippen LogP contribution in [0.3, 0.4) is 0 Å². The minimum absolute atomic E-state index is 0.294. The van der Waals surface area contributed by atoms with Gasteiger partial charge in [-0.05, 0) is 12.1 Å². The summed E-state index contributed by atoms with van der Waals surface area (Å²) in [6.45, 7) is 0.294. The maximum atomic E-state index is 13.8. The van der Waals surface area contributed by atoms with Gasteiger partial charge in [-0.3, -0.25) is 0 Å². The van der Waals surface area contributed by atoms with E-state index in [1.165, 1.54) is 12.1 Å². The molecule has 106 valence electrons. The number of halogens is 3. The number of rotatable bonds is 3. The lowest BCUT2D eigenvalue weighted by atomic mass is 10.2. The highest BCUT2D eigenvalue weighted by atomic mass is 79.9. The molecule has 3 rings (SSSR count). The van der Waals surface area contributed by atoms with Gasteiger partial charge >= 0.3 is 0 Å². The standard InChI is InChI=1S/C16H11BrF2N2/c17-14-4-2-1-3-13(14)16-20-7-8-21(16)10-11-5-6-12(18)9-15(11)19/h1-9H,10H2. The summed E-state index contributed by atoms with van der Waals surface area (Å²) in [4.78, 5) is 4.33. The van der Waals surface area contributed by atoms with Crippen molar-refractivity contribution in [3.8, 4) is 11.4 Å². The second kappa shape index (κ2) is 5.77. The predicted octanol–water partition coefficient (Wildman–Crippen LogP) is 4.64. The van der Waals surface area contributed by atoms with Gasteiger partial charge in [-0.1, -0.05) is 40.2 Å². The molecule has 3 aromatic rings. The fraction of sp³-hybridized carbons (Fsp3) is 0.0625. The lowest BCUT2D eigenvalue weighted by Gasteiger charge is -2.10. The zero-order chi connectivity index (χ0) is 14.8. The van der Waals surface area contributed by atoms with E-state index in [0.717, 1.165) is 21.9 Å². The summed E-state index contributed by atoms with van der Waals surface area (Å²) in [5.41, 5.74) is 1.34. The number of hydrogen-bond acceptors (Lipinski definition) is 1. The van der Waals surface area contributed by atoms with E-state index in [-0.39, 0.29) is 0 Å². The Bertz CT molecular complexity index is 783. The minimum atomic E-state index is -0.576. The summed E-state index contributed by atoms with van der Waals surface area (Å²) in [6, 6.07) is 11.3. The Morgan fingerprint density at radius 2 is 1.90 bits per heavy atom. The minimum Gasteiger partial charge on any atom is -0.326 e. The van der Waals surface area contributed by atoms with Gasteiger partial charge in [0, 0.05) is 34.1 Å². The summed E-state index contributed by atoms with van der Waals surface area (Å²) >= 11 is 3.48. The Kier molecular flexibility index (Phi) is 3.84. The molecule has 0 aliphatic heterocycles. The first-order valence-corrected chi connectivity index (χ1v) is 7.14. The van der Waals surface area contributed by atoms with Gasteiger partial charge < -0.3 is 4.57 Å². The van der Waals surface area contributed by atoms with Gasteiger partial charge in [0.15, 0.2) is 0 Å². The molecule has 2 aromatic carbocycles. The smallest absolute Gasteiger partial charge is 0.141 e. The van der Waals surface area contributed by atoms with Crippen LogP contribution in [0.15, 0.2) is 59.3 Å². The first-order chi connectivity index (χ1) is 10.1. The summed E-state index contributed by atoms with van der Waals surface area (Å²) in [5.74, 6) is -0.402. The van der Waals surface area contributed by atoms with Crippen LogP contribution in [0.5, 0.6) is 0 Å². The highest BCUT2D eigenvalue weighted by Crippen LogP contribution is 2.27. The van der Waals surface area contributed by atoms with E-state index in [0.29, 0.717) is 12.1 Å². The van der Waals surface area contributed by atoms with Gasteiger partial charge in [0.25, 0.3) is 0 Å². The van der Waals surface area contributed by atoms with Gasteiger partial charge in [0.2, 0.25) is 0 Å². The van der Waals surface area contributed by atoms with E-state index < -0.39 is 11.6 Å². The van der Waals surface area contributed by atoms with Gasteiger partial charge in [-0.25, -0.2) is 13.8 Å². The van der Waals surface area contributed by atoms with E-state index in [1.807, 2.05) is 28.8 Å². The lowest BCUT2D eigenvalue weighted by Crippen LogP contribution is -2.03.